The molecule has 0 bridgehead atoms. The fourth-order valence-electron chi connectivity index (χ4n) is 2.84. The van der Waals surface area contributed by atoms with Gasteiger partial charge in [-0.05, 0) is 43.0 Å². The Morgan fingerprint density at radius 2 is 1.97 bits per heavy atom. The molecular weight excluding hydrogens is 396 g/mol. The number of hydrogen-bond acceptors (Lipinski definition) is 7. The molecule has 9 heteroatoms. The Kier molecular flexibility index (Phi) is 8.07. The molecule has 0 radical (unpaired) electrons. The van der Waals surface area contributed by atoms with Gasteiger partial charge in [-0.2, -0.15) is 0 Å². The minimum atomic E-state index is -1.02. The molecule has 1 fully saturated rings. The number of esters is 1. The molecule has 0 spiro atoms. The van der Waals surface area contributed by atoms with Gasteiger partial charge in [0.15, 0.2) is 12.7 Å². The number of nitrogens with one attached hydrogen (secondary N) is 1. The maximum atomic E-state index is 12.0. The molecule has 1 aliphatic rings. The van der Waals surface area contributed by atoms with Gasteiger partial charge < -0.3 is 14.8 Å². The Bertz CT molecular complexity index is 779. The second-order valence-corrected chi connectivity index (χ2v) is 7.91. The normalized spacial score (nSPS) is 14.9. The molecule has 3 amide bonds. The zero-order valence-electron chi connectivity index (χ0n) is 17.0. The maximum Gasteiger partial charge on any atom is 0.344 e. The third-order valence-corrected chi connectivity index (χ3v) is 5.23. The topological polar surface area (TPSA) is 102 Å². The molecule has 1 N–H and O–H groups in total. The summed E-state index contributed by atoms with van der Waals surface area (Å²) in [6, 6.07) is 5.62. The van der Waals surface area contributed by atoms with Crippen LogP contribution in [0.15, 0.2) is 18.2 Å². The van der Waals surface area contributed by atoms with Crippen molar-refractivity contribution in [3.8, 4) is 5.75 Å². The van der Waals surface area contributed by atoms with E-state index in [9.17, 15) is 19.2 Å². The van der Waals surface area contributed by atoms with Gasteiger partial charge in [0.1, 0.15) is 5.75 Å². The minimum Gasteiger partial charge on any atom is -0.482 e. The highest BCUT2D eigenvalue weighted by molar-refractivity contribution is 8.14. The first kappa shape index (κ1) is 22.7. The maximum absolute atomic E-state index is 12.0. The first-order chi connectivity index (χ1) is 13.7. The van der Waals surface area contributed by atoms with Crippen molar-refractivity contribution >= 4 is 34.8 Å². The molecule has 1 aromatic rings. The van der Waals surface area contributed by atoms with E-state index in [1.165, 1.54) is 12.5 Å². The van der Waals surface area contributed by atoms with E-state index in [0.29, 0.717) is 11.7 Å². The van der Waals surface area contributed by atoms with Gasteiger partial charge in [0.2, 0.25) is 5.91 Å². The highest BCUT2D eigenvalue weighted by Gasteiger charge is 2.29. The summed E-state index contributed by atoms with van der Waals surface area (Å²) in [5.41, 5.74) is 2.29. The Morgan fingerprint density at radius 3 is 2.55 bits per heavy atom. The summed E-state index contributed by atoms with van der Waals surface area (Å²) in [7, 11) is 0. The van der Waals surface area contributed by atoms with Crippen LogP contribution >= 0.6 is 11.8 Å². The van der Waals surface area contributed by atoms with E-state index in [1.807, 2.05) is 19.1 Å². The van der Waals surface area contributed by atoms with Gasteiger partial charge in [-0.25, -0.2) is 4.79 Å². The lowest BCUT2D eigenvalue weighted by atomic mass is 9.98. The van der Waals surface area contributed by atoms with E-state index < -0.39 is 18.0 Å². The van der Waals surface area contributed by atoms with Crippen LogP contribution in [-0.2, 0) is 19.1 Å². The zero-order valence-corrected chi connectivity index (χ0v) is 17.8. The van der Waals surface area contributed by atoms with Gasteiger partial charge >= 0.3 is 5.97 Å². The van der Waals surface area contributed by atoms with Crippen LogP contribution in [0, 0.1) is 6.92 Å². The van der Waals surface area contributed by atoms with Crippen molar-refractivity contribution in [3.05, 3.63) is 29.3 Å². The third kappa shape index (κ3) is 6.49. The van der Waals surface area contributed by atoms with Crippen molar-refractivity contribution in [2.24, 2.45) is 0 Å². The number of thioether (sulfide) groups is 1. The number of hydrogen-bond donors (Lipinski definition) is 1. The van der Waals surface area contributed by atoms with E-state index in [4.69, 9.17) is 9.47 Å². The van der Waals surface area contributed by atoms with Gasteiger partial charge in [-0.3, -0.25) is 19.3 Å². The Labute approximate surface area is 174 Å². The molecule has 158 valence electrons. The summed E-state index contributed by atoms with van der Waals surface area (Å²) < 4.78 is 10.5. The van der Waals surface area contributed by atoms with Gasteiger partial charge in [0.05, 0.1) is 5.75 Å². The minimum absolute atomic E-state index is 0.0892. The standard InChI is InChI=1S/C20H26N2O6S/c1-12(2)16-6-5-15(9-13(16)3)27-10-18(24)28-14(4)19(25)21-7-8-22-17(23)11-29-20(22)26/h5-6,9,12,14H,7-8,10-11H2,1-4H3,(H,21,25)/t14-/m0/s1. The molecule has 0 aliphatic carbocycles. The van der Waals surface area contributed by atoms with Crippen LogP contribution in [0.25, 0.3) is 0 Å². The van der Waals surface area contributed by atoms with Crippen molar-refractivity contribution < 1.29 is 28.7 Å². The number of carbonyl (C=O) groups excluding carboxylic acids is 4. The monoisotopic (exact) mass is 422 g/mol. The van der Waals surface area contributed by atoms with Crippen molar-refractivity contribution in [3.63, 3.8) is 0 Å². The molecule has 1 saturated heterocycles. The molecular formula is C20H26N2O6S. The number of carbonyl (C=O) groups is 4. The number of ether oxygens (including phenoxy) is 2. The van der Waals surface area contributed by atoms with Crippen LogP contribution in [0.4, 0.5) is 4.79 Å². The van der Waals surface area contributed by atoms with Crippen LogP contribution < -0.4 is 10.1 Å². The van der Waals surface area contributed by atoms with Crippen molar-refractivity contribution in [2.45, 2.75) is 39.7 Å². The number of nitrogens with zero attached hydrogens (tertiary/aromatic N) is 1. The molecule has 2 rings (SSSR count). The lowest BCUT2D eigenvalue weighted by Crippen LogP contribution is -2.42. The summed E-state index contributed by atoms with van der Waals surface area (Å²) in [6.45, 7) is 7.50. The van der Waals surface area contributed by atoms with E-state index in [2.05, 4.69) is 19.2 Å². The molecule has 29 heavy (non-hydrogen) atoms. The van der Waals surface area contributed by atoms with E-state index in [-0.39, 0.29) is 36.6 Å². The summed E-state index contributed by atoms with van der Waals surface area (Å²) in [4.78, 5) is 48.0. The molecule has 1 atom stereocenters. The predicted molar refractivity (Wildman–Crippen MR) is 109 cm³/mol. The van der Waals surface area contributed by atoms with E-state index >= 15 is 0 Å². The SMILES string of the molecule is Cc1cc(OCC(=O)O[C@@H](C)C(=O)NCCN2C(=O)CSC2=O)ccc1C(C)C. The molecule has 1 aromatic carbocycles. The number of imide groups is 1. The molecule has 1 aliphatic heterocycles. The average Bonchev–Trinajstić information content (AvgIpc) is 2.98. The van der Waals surface area contributed by atoms with Crippen LogP contribution in [0.5, 0.6) is 5.75 Å². The fourth-order valence-corrected chi connectivity index (χ4v) is 3.60. The van der Waals surface area contributed by atoms with Gasteiger partial charge in [0, 0.05) is 13.1 Å². The van der Waals surface area contributed by atoms with E-state index in [0.717, 1.165) is 22.2 Å². The fraction of sp³-hybridized carbons (Fsp3) is 0.500. The number of benzene rings is 1. The second kappa shape index (κ2) is 10.3. The summed E-state index contributed by atoms with van der Waals surface area (Å²) in [5, 5.41) is 2.22. The Hall–Kier alpha value is -2.55. The molecule has 8 nitrogen and oxygen atoms in total. The van der Waals surface area contributed by atoms with Crippen molar-refractivity contribution in [1.29, 1.82) is 0 Å². The van der Waals surface area contributed by atoms with Crippen LogP contribution in [-0.4, -0.2) is 59.5 Å². The van der Waals surface area contributed by atoms with Crippen molar-refractivity contribution in [1.82, 2.24) is 10.2 Å². The van der Waals surface area contributed by atoms with Gasteiger partial charge in [-0.1, -0.05) is 31.7 Å². The quantitative estimate of drug-likeness (QED) is 0.609. The molecule has 0 saturated carbocycles. The lowest BCUT2D eigenvalue weighted by molar-refractivity contribution is -0.156. The molecule has 0 unspecified atom stereocenters. The second-order valence-electron chi connectivity index (χ2n) is 6.98. The Balaban J connectivity index is 1.72. The van der Waals surface area contributed by atoms with Crippen LogP contribution in [0.2, 0.25) is 0 Å². The van der Waals surface area contributed by atoms with Crippen molar-refractivity contribution in [2.75, 3.05) is 25.4 Å². The first-order valence-corrected chi connectivity index (χ1v) is 10.3. The highest BCUT2D eigenvalue weighted by Crippen LogP contribution is 2.23. The molecule has 0 aromatic heterocycles. The first-order valence-electron chi connectivity index (χ1n) is 9.36. The molecule has 1 heterocycles. The summed E-state index contributed by atoms with van der Waals surface area (Å²) in [6.07, 6.45) is -1.02. The number of aryl methyl sites for hydroxylation is 1. The average molecular weight is 423 g/mol. The zero-order chi connectivity index (χ0) is 21.6. The summed E-state index contributed by atoms with van der Waals surface area (Å²) >= 11 is 0.935. The number of rotatable bonds is 9. The largest absolute Gasteiger partial charge is 0.482 e. The van der Waals surface area contributed by atoms with Gasteiger partial charge in [0.25, 0.3) is 11.1 Å². The Morgan fingerprint density at radius 1 is 1.24 bits per heavy atom. The predicted octanol–water partition coefficient (Wildman–Crippen LogP) is 2.24. The summed E-state index contributed by atoms with van der Waals surface area (Å²) in [5.74, 6) is -0.377. The van der Waals surface area contributed by atoms with Crippen LogP contribution in [0.3, 0.4) is 0 Å². The number of amides is 3. The van der Waals surface area contributed by atoms with Crippen LogP contribution in [0.1, 0.15) is 37.8 Å². The highest BCUT2D eigenvalue weighted by atomic mass is 32.2. The third-order valence-electron chi connectivity index (χ3n) is 4.37. The lowest BCUT2D eigenvalue weighted by Gasteiger charge is -2.16. The van der Waals surface area contributed by atoms with E-state index in [1.54, 1.807) is 6.07 Å². The van der Waals surface area contributed by atoms with Gasteiger partial charge in [-0.15, -0.1) is 0 Å². The smallest absolute Gasteiger partial charge is 0.344 e.